The van der Waals surface area contributed by atoms with Gasteiger partial charge in [-0.1, -0.05) is 24.6 Å². The molecule has 0 radical (unpaired) electrons. The van der Waals surface area contributed by atoms with E-state index in [0.717, 1.165) is 38.8 Å². The lowest BCUT2D eigenvalue weighted by molar-refractivity contribution is -0.134. The summed E-state index contributed by atoms with van der Waals surface area (Å²) >= 11 is 1.37. The molecule has 3 atom stereocenters. The first-order chi connectivity index (χ1) is 12.7. The molecule has 26 heavy (non-hydrogen) atoms. The van der Waals surface area contributed by atoms with Crippen molar-refractivity contribution >= 4 is 17.7 Å². The molecule has 0 bridgehead atoms. The molecule has 3 unspecified atom stereocenters. The van der Waals surface area contributed by atoms with Crippen LogP contribution in [-0.2, 0) is 16.1 Å². The van der Waals surface area contributed by atoms with Gasteiger partial charge in [-0.2, -0.15) is 0 Å². The minimum atomic E-state index is -0.222. The number of aromatic amines is 1. The standard InChI is InChI=1S/C18H28N4O3S/c23-16(21-9-3-6-13-5-1-2-8-15(13)21)12-26-18-20-19-17(24)22(18)11-14-7-4-10-25-14/h13-15H,1-12H2,(H,19,24). The van der Waals surface area contributed by atoms with Crippen molar-refractivity contribution in [1.29, 1.82) is 0 Å². The highest BCUT2D eigenvalue weighted by molar-refractivity contribution is 7.99. The summed E-state index contributed by atoms with van der Waals surface area (Å²) in [6.45, 7) is 2.15. The average Bonchev–Trinajstić information content (AvgIpc) is 3.30. The fourth-order valence-corrected chi connectivity index (χ4v) is 5.55. The first-order valence-corrected chi connectivity index (χ1v) is 10.9. The van der Waals surface area contributed by atoms with Crippen LogP contribution in [0.1, 0.15) is 51.4 Å². The summed E-state index contributed by atoms with van der Waals surface area (Å²) in [5.41, 5.74) is -0.222. The molecule has 1 saturated carbocycles. The van der Waals surface area contributed by atoms with Gasteiger partial charge in [-0.3, -0.25) is 9.36 Å². The second-order valence-corrected chi connectivity index (χ2v) is 8.63. The summed E-state index contributed by atoms with van der Waals surface area (Å²) in [7, 11) is 0. The van der Waals surface area contributed by atoms with Gasteiger partial charge in [-0.05, 0) is 44.4 Å². The van der Waals surface area contributed by atoms with Crippen LogP contribution < -0.4 is 5.69 Å². The second-order valence-electron chi connectivity index (χ2n) is 7.69. The number of hydrogen-bond donors (Lipinski definition) is 1. The van der Waals surface area contributed by atoms with Crippen LogP contribution in [0.5, 0.6) is 0 Å². The van der Waals surface area contributed by atoms with Crippen molar-refractivity contribution in [2.24, 2.45) is 5.92 Å². The van der Waals surface area contributed by atoms with Crippen molar-refractivity contribution in [2.75, 3.05) is 18.9 Å². The Morgan fingerprint density at radius 1 is 1.19 bits per heavy atom. The fraction of sp³-hybridized carbons (Fsp3) is 0.833. The molecule has 1 aromatic heterocycles. The molecular formula is C18H28N4O3S. The van der Waals surface area contributed by atoms with E-state index in [4.69, 9.17) is 4.74 Å². The molecule has 1 amide bonds. The van der Waals surface area contributed by atoms with Crippen LogP contribution >= 0.6 is 11.8 Å². The predicted molar refractivity (Wildman–Crippen MR) is 99.2 cm³/mol. The van der Waals surface area contributed by atoms with Gasteiger partial charge in [-0.15, -0.1) is 5.10 Å². The molecule has 3 aliphatic rings. The third-order valence-electron chi connectivity index (χ3n) is 6.02. The summed E-state index contributed by atoms with van der Waals surface area (Å²) in [6.07, 6.45) is 9.41. The first-order valence-electron chi connectivity index (χ1n) is 9.91. The topological polar surface area (TPSA) is 80.2 Å². The molecule has 3 heterocycles. The van der Waals surface area contributed by atoms with Crippen LogP contribution in [0.3, 0.4) is 0 Å². The Labute approximate surface area is 157 Å². The maximum Gasteiger partial charge on any atom is 0.344 e. The SMILES string of the molecule is O=C(CSc1n[nH]c(=O)n1CC1CCCO1)N1CCCC2CCCCC21. The Kier molecular flexibility index (Phi) is 5.69. The van der Waals surface area contributed by atoms with Crippen molar-refractivity contribution in [3.05, 3.63) is 10.5 Å². The van der Waals surface area contributed by atoms with Gasteiger partial charge >= 0.3 is 5.69 Å². The number of H-pyrrole nitrogens is 1. The second kappa shape index (κ2) is 8.17. The van der Waals surface area contributed by atoms with Gasteiger partial charge in [0.15, 0.2) is 5.16 Å². The lowest BCUT2D eigenvalue weighted by Crippen LogP contribution is -2.50. The van der Waals surface area contributed by atoms with Gasteiger partial charge in [0.2, 0.25) is 5.91 Å². The quantitative estimate of drug-likeness (QED) is 0.791. The van der Waals surface area contributed by atoms with E-state index in [1.807, 2.05) is 0 Å². The molecule has 7 nitrogen and oxygen atoms in total. The highest BCUT2D eigenvalue weighted by atomic mass is 32.2. The third kappa shape index (κ3) is 3.86. The number of rotatable bonds is 5. The zero-order valence-electron chi connectivity index (χ0n) is 15.2. The number of hydrogen-bond acceptors (Lipinski definition) is 5. The molecule has 8 heteroatoms. The first kappa shape index (κ1) is 18.1. The van der Waals surface area contributed by atoms with E-state index in [0.29, 0.717) is 29.4 Å². The molecule has 0 aromatic carbocycles. The van der Waals surface area contributed by atoms with Gasteiger partial charge in [0, 0.05) is 19.2 Å². The molecule has 2 aliphatic heterocycles. The van der Waals surface area contributed by atoms with Gasteiger partial charge in [0.05, 0.1) is 18.4 Å². The van der Waals surface area contributed by atoms with Crippen LogP contribution in [-0.4, -0.2) is 56.6 Å². The number of aromatic nitrogens is 3. The number of fused-ring (bicyclic) bond motifs is 1. The number of carbonyl (C=O) groups excluding carboxylic acids is 1. The summed E-state index contributed by atoms with van der Waals surface area (Å²) < 4.78 is 7.25. The molecule has 3 fully saturated rings. The maximum absolute atomic E-state index is 12.8. The van der Waals surface area contributed by atoms with Gasteiger partial charge < -0.3 is 9.64 Å². The fourth-order valence-electron chi connectivity index (χ4n) is 4.71. The van der Waals surface area contributed by atoms with E-state index < -0.39 is 0 Å². The van der Waals surface area contributed by atoms with Crippen LogP contribution in [0.15, 0.2) is 9.95 Å². The molecular weight excluding hydrogens is 352 g/mol. The molecule has 0 spiro atoms. The summed E-state index contributed by atoms with van der Waals surface area (Å²) in [4.78, 5) is 27.0. The number of amides is 1. The normalized spacial score (nSPS) is 28.9. The highest BCUT2D eigenvalue weighted by Crippen LogP contribution is 2.35. The largest absolute Gasteiger partial charge is 0.376 e. The van der Waals surface area contributed by atoms with Gasteiger partial charge in [-0.25, -0.2) is 9.89 Å². The predicted octanol–water partition coefficient (Wildman–Crippen LogP) is 2.02. The lowest BCUT2D eigenvalue weighted by atomic mass is 9.78. The third-order valence-corrected chi connectivity index (χ3v) is 6.98. The Morgan fingerprint density at radius 3 is 2.88 bits per heavy atom. The number of nitrogens with one attached hydrogen (secondary N) is 1. The van der Waals surface area contributed by atoms with E-state index in [-0.39, 0.29) is 17.7 Å². The van der Waals surface area contributed by atoms with Crippen LogP contribution in [0.25, 0.3) is 0 Å². The Bertz CT molecular complexity index is 680. The monoisotopic (exact) mass is 380 g/mol. The Hall–Kier alpha value is -1.28. The van der Waals surface area contributed by atoms with Crippen LogP contribution in [0.2, 0.25) is 0 Å². The van der Waals surface area contributed by atoms with Crippen molar-refractivity contribution in [2.45, 2.75) is 75.2 Å². The number of nitrogens with zero attached hydrogens (tertiary/aromatic N) is 3. The lowest BCUT2D eigenvalue weighted by Gasteiger charge is -2.44. The molecule has 2 saturated heterocycles. The molecule has 1 aliphatic carbocycles. The minimum Gasteiger partial charge on any atom is -0.376 e. The average molecular weight is 381 g/mol. The molecule has 144 valence electrons. The minimum absolute atomic E-state index is 0.0745. The zero-order chi connectivity index (χ0) is 17.9. The van der Waals surface area contributed by atoms with Crippen molar-refractivity contribution < 1.29 is 9.53 Å². The van der Waals surface area contributed by atoms with E-state index in [2.05, 4.69) is 15.1 Å². The van der Waals surface area contributed by atoms with Gasteiger partial charge in [0.1, 0.15) is 0 Å². The van der Waals surface area contributed by atoms with E-state index in [1.165, 1.54) is 37.4 Å². The number of ether oxygens (including phenoxy) is 1. The number of thioether (sulfide) groups is 1. The summed E-state index contributed by atoms with van der Waals surface area (Å²) in [5, 5.41) is 7.23. The number of likely N-dealkylation sites (tertiary alicyclic amines) is 1. The van der Waals surface area contributed by atoms with Gasteiger partial charge in [0.25, 0.3) is 0 Å². The Morgan fingerprint density at radius 2 is 2.04 bits per heavy atom. The summed E-state index contributed by atoms with van der Waals surface area (Å²) in [5.74, 6) is 1.22. The van der Waals surface area contributed by atoms with E-state index in [1.54, 1.807) is 4.57 Å². The van der Waals surface area contributed by atoms with E-state index in [9.17, 15) is 9.59 Å². The molecule has 1 aromatic rings. The maximum atomic E-state index is 12.8. The Balaban J connectivity index is 1.37. The van der Waals surface area contributed by atoms with E-state index >= 15 is 0 Å². The van der Waals surface area contributed by atoms with Crippen molar-refractivity contribution in [3.8, 4) is 0 Å². The molecule has 1 N–H and O–H groups in total. The van der Waals surface area contributed by atoms with Crippen LogP contribution in [0.4, 0.5) is 0 Å². The number of carbonyl (C=O) groups is 1. The highest BCUT2D eigenvalue weighted by Gasteiger charge is 2.35. The summed E-state index contributed by atoms with van der Waals surface area (Å²) in [6, 6.07) is 0.430. The van der Waals surface area contributed by atoms with Crippen LogP contribution in [0, 0.1) is 5.92 Å². The van der Waals surface area contributed by atoms with Crippen molar-refractivity contribution in [1.82, 2.24) is 19.7 Å². The smallest absolute Gasteiger partial charge is 0.344 e. The number of piperidine rings is 1. The van der Waals surface area contributed by atoms with Crippen molar-refractivity contribution in [3.63, 3.8) is 0 Å². The zero-order valence-corrected chi connectivity index (χ0v) is 16.0. The molecule has 4 rings (SSSR count).